The number of carbonyl (C=O) groups excluding carboxylic acids is 7. The van der Waals surface area contributed by atoms with Crippen LogP contribution in [0.15, 0.2) is 54.0 Å². The summed E-state index contributed by atoms with van der Waals surface area (Å²) in [6.45, 7) is 1.39. The first-order valence-electron chi connectivity index (χ1n) is 22.7. The van der Waals surface area contributed by atoms with Gasteiger partial charge in [-0.05, 0) is 63.1 Å². The van der Waals surface area contributed by atoms with Crippen molar-refractivity contribution in [2.75, 3.05) is 25.1 Å². The van der Waals surface area contributed by atoms with E-state index >= 15 is 0 Å². The van der Waals surface area contributed by atoms with Gasteiger partial charge in [0.1, 0.15) is 42.3 Å². The number of amides is 7. The number of rotatable bonds is 20. The molecule has 0 spiro atoms. The highest BCUT2D eigenvalue weighted by atomic mass is 32.2. The lowest BCUT2D eigenvalue weighted by atomic mass is 10.0. The molecule has 0 unspecified atom stereocenters. The van der Waals surface area contributed by atoms with E-state index in [-0.39, 0.29) is 69.7 Å². The number of aliphatic carboxylic acids is 1. The maximum atomic E-state index is 14.5. The summed E-state index contributed by atoms with van der Waals surface area (Å²) in [5, 5.41) is 36.6. The number of nitrogens with two attached hydrogens (primary N) is 4. The molecule has 27 heteroatoms. The van der Waals surface area contributed by atoms with Gasteiger partial charge in [0.05, 0.1) is 24.6 Å². The number of thioether (sulfide) groups is 1. The van der Waals surface area contributed by atoms with Gasteiger partial charge < -0.3 is 70.2 Å². The number of aromatic nitrogens is 5. The number of hydrogen-bond donors (Lipinski definition) is 13. The zero-order valence-corrected chi connectivity index (χ0v) is 39.9. The first kappa shape index (κ1) is 55.5. The SMILES string of the molecule is CSCC[C@H](NC(=O)[C@@H]1Cc2cn(nn2)C[C@H](NC(=O)[C@@H](N)CCCCN)C(=O)N[C@@H](Cc2cnc[nH]2)C(=O)N[C@H](Cc2ccccc2)C(=O)N[C@@H](CCCN=C(N)N)C(=O)N[C@@H](C)C(=O)N1)C(=O)O. The van der Waals surface area contributed by atoms with Crippen molar-refractivity contribution in [1.29, 1.82) is 0 Å². The van der Waals surface area contributed by atoms with Gasteiger partial charge >= 0.3 is 5.97 Å². The quantitative estimate of drug-likeness (QED) is 0.0290. The lowest BCUT2D eigenvalue weighted by Crippen LogP contribution is -2.60. The second-order valence-corrected chi connectivity index (χ2v) is 17.6. The third-order valence-corrected chi connectivity index (χ3v) is 11.7. The summed E-state index contributed by atoms with van der Waals surface area (Å²) in [5.74, 6) is -6.90. The normalized spacial score (nSPS) is 21.5. The number of carbonyl (C=O) groups is 8. The van der Waals surface area contributed by atoms with Crippen LogP contribution in [0.1, 0.15) is 62.4 Å². The van der Waals surface area contributed by atoms with Gasteiger partial charge in [0.2, 0.25) is 41.4 Å². The number of hydrogen-bond acceptors (Lipinski definition) is 15. The van der Waals surface area contributed by atoms with Crippen molar-refractivity contribution in [2.45, 2.75) is 120 Å². The maximum Gasteiger partial charge on any atom is 0.326 e. The fraction of sp³-hybridized carbons (Fsp3) is 0.535. The van der Waals surface area contributed by atoms with Gasteiger partial charge in [-0.25, -0.2) is 14.5 Å². The molecule has 0 saturated heterocycles. The van der Waals surface area contributed by atoms with Crippen LogP contribution in [0.4, 0.5) is 0 Å². The van der Waals surface area contributed by atoms with E-state index in [0.717, 1.165) is 0 Å². The molecule has 26 nitrogen and oxygen atoms in total. The number of imidazole rings is 1. The first-order valence-corrected chi connectivity index (χ1v) is 24.1. The van der Waals surface area contributed by atoms with Gasteiger partial charge in [0, 0.05) is 43.9 Å². The fourth-order valence-electron chi connectivity index (χ4n) is 7.15. The van der Waals surface area contributed by atoms with E-state index in [1.165, 1.54) is 42.1 Å². The molecule has 4 rings (SSSR count). The Bertz CT molecular complexity index is 2240. The van der Waals surface area contributed by atoms with Crippen LogP contribution in [-0.2, 0) is 64.2 Å². The molecule has 8 atom stereocenters. The molecule has 7 amide bonds. The second kappa shape index (κ2) is 28.4. The van der Waals surface area contributed by atoms with E-state index in [0.29, 0.717) is 36.4 Å². The largest absolute Gasteiger partial charge is 0.480 e. The monoisotopic (exact) mass is 995 g/mol. The van der Waals surface area contributed by atoms with Crippen LogP contribution >= 0.6 is 11.8 Å². The standard InChI is InChI=1S/C43H65N17O9S/c1-24-35(61)54-33(39(65)53-30(42(68)69)13-16-70-2)19-27-21-60(59-58-27)22-34(57-36(62)28(45)11-6-7-14-44)41(67)56-32(18-26-20-48-23-50-26)40(66)55-31(17-25-9-4-3-5-10-25)38(64)52-29(37(63)51-24)12-8-15-49-43(46)47/h3-5,9-10,20-21,23-24,28-34H,6-8,11-19,22,44-45H2,1-2H3,(H,48,50)(H,51,63)(H,52,64)(H,53,65)(H,54,61)(H,55,66)(H,56,67)(H,57,62)(H,68,69)(H4,46,47,49)/t24-,28-,29-,30-,31+,32-,33-,34-/m0/s1. The minimum atomic E-state index is -1.48. The highest BCUT2D eigenvalue weighted by Crippen LogP contribution is 2.11. The minimum Gasteiger partial charge on any atom is -0.480 e. The fourth-order valence-corrected chi connectivity index (χ4v) is 7.63. The number of guanidine groups is 1. The molecule has 2 bridgehead atoms. The highest BCUT2D eigenvalue weighted by Gasteiger charge is 2.35. The van der Waals surface area contributed by atoms with Crippen LogP contribution < -0.4 is 60.2 Å². The number of nitrogens with one attached hydrogen (secondary N) is 8. The van der Waals surface area contributed by atoms with Gasteiger partial charge in [-0.15, -0.1) is 5.10 Å². The number of carboxylic acid groups (broad SMARTS) is 1. The number of fused-ring (bicyclic) bond motifs is 2. The molecule has 17 N–H and O–H groups in total. The lowest BCUT2D eigenvalue weighted by molar-refractivity contribution is -0.142. The zero-order valence-electron chi connectivity index (χ0n) is 39.1. The Morgan fingerprint density at radius 1 is 0.900 bits per heavy atom. The predicted octanol–water partition coefficient (Wildman–Crippen LogP) is -4.20. The zero-order chi connectivity index (χ0) is 51.2. The average Bonchev–Trinajstić information content (AvgIpc) is 4.02. The molecule has 1 aliphatic rings. The third-order valence-electron chi connectivity index (χ3n) is 11.0. The van der Waals surface area contributed by atoms with Gasteiger partial charge in [0.15, 0.2) is 5.96 Å². The molecule has 382 valence electrons. The van der Waals surface area contributed by atoms with Gasteiger partial charge in [-0.2, -0.15) is 11.8 Å². The van der Waals surface area contributed by atoms with E-state index in [9.17, 15) is 43.5 Å². The molecule has 3 aromatic rings. The number of aliphatic imine (C=N–C) groups is 1. The summed E-state index contributed by atoms with van der Waals surface area (Å²) in [7, 11) is 0. The van der Waals surface area contributed by atoms with E-state index in [1.807, 2.05) is 0 Å². The van der Waals surface area contributed by atoms with Crippen molar-refractivity contribution < 1.29 is 43.5 Å². The molecule has 2 aromatic heterocycles. The molecule has 70 heavy (non-hydrogen) atoms. The Hall–Kier alpha value is -7.13. The number of aromatic amines is 1. The van der Waals surface area contributed by atoms with Gasteiger partial charge in [0.25, 0.3) is 0 Å². The van der Waals surface area contributed by atoms with E-state index < -0.39 is 95.7 Å². The molecular weight excluding hydrogens is 931 g/mol. The summed E-state index contributed by atoms with van der Waals surface area (Å²) in [5.41, 5.74) is 24.0. The van der Waals surface area contributed by atoms with Gasteiger partial charge in [-0.3, -0.25) is 38.6 Å². The Labute approximate surface area is 408 Å². The minimum absolute atomic E-state index is 0.0513. The molecule has 0 aliphatic carbocycles. The summed E-state index contributed by atoms with van der Waals surface area (Å²) in [4.78, 5) is 122. The predicted molar refractivity (Wildman–Crippen MR) is 257 cm³/mol. The molecule has 1 aliphatic heterocycles. The van der Waals surface area contributed by atoms with Crippen LogP contribution in [0.25, 0.3) is 0 Å². The van der Waals surface area contributed by atoms with Crippen molar-refractivity contribution >= 4 is 65.0 Å². The van der Waals surface area contributed by atoms with Crippen molar-refractivity contribution in [2.24, 2.45) is 27.9 Å². The number of H-pyrrole nitrogens is 1. The maximum absolute atomic E-state index is 14.5. The lowest BCUT2D eigenvalue weighted by Gasteiger charge is -2.27. The summed E-state index contributed by atoms with van der Waals surface area (Å²) < 4.78 is 1.19. The Morgan fingerprint density at radius 3 is 2.24 bits per heavy atom. The van der Waals surface area contributed by atoms with E-state index in [4.69, 9.17) is 22.9 Å². The molecular formula is C43H65N17O9S. The number of nitrogens with zero attached hydrogens (tertiary/aromatic N) is 5. The van der Waals surface area contributed by atoms with Crippen LogP contribution in [0.2, 0.25) is 0 Å². The van der Waals surface area contributed by atoms with Crippen LogP contribution in [0.3, 0.4) is 0 Å². The van der Waals surface area contributed by atoms with E-state index in [2.05, 4.69) is 62.5 Å². The van der Waals surface area contributed by atoms with Gasteiger partial charge in [-0.1, -0.05) is 42.0 Å². The van der Waals surface area contributed by atoms with Crippen LogP contribution in [0.5, 0.6) is 0 Å². The molecule has 0 radical (unpaired) electrons. The number of benzene rings is 1. The van der Waals surface area contributed by atoms with Crippen molar-refractivity contribution in [3.63, 3.8) is 0 Å². The topological polar surface area (TPSA) is 417 Å². The average molecular weight is 996 g/mol. The third kappa shape index (κ3) is 18.4. The number of carboxylic acids is 1. The molecule has 0 saturated carbocycles. The summed E-state index contributed by atoms with van der Waals surface area (Å²) >= 11 is 1.37. The highest BCUT2D eigenvalue weighted by molar-refractivity contribution is 7.98. The van der Waals surface area contributed by atoms with Crippen LogP contribution in [0, 0.1) is 0 Å². The van der Waals surface area contributed by atoms with Crippen molar-refractivity contribution in [1.82, 2.24) is 62.2 Å². The number of unbranched alkanes of at least 4 members (excludes halogenated alkanes) is 1. The molecule has 3 heterocycles. The summed E-state index contributed by atoms with van der Waals surface area (Å²) in [6.07, 6.45) is 6.87. The van der Waals surface area contributed by atoms with Crippen LogP contribution in [-0.4, -0.2) is 157 Å². The first-order chi connectivity index (χ1) is 33.5. The van der Waals surface area contributed by atoms with Crippen molar-refractivity contribution in [3.8, 4) is 0 Å². The smallest absolute Gasteiger partial charge is 0.326 e. The second-order valence-electron chi connectivity index (χ2n) is 16.7. The molecule has 1 aromatic carbocycles. The summed E-state index contributed by atoms with van der Waals surface area (Å²) in [6, 6.07) is -2.08. The Morgan fingerprint density at radius 2 is 1.59 bits per heavy atom. The Balaban J connectivity index is 1.81. The Kier molecular flexibility index (Phi) is 22.5. The molecule has 0 fully saturated rings. The van der Waals surface area contributed by atoms with E-state index in [1.54, 1.807) is 36.6 Å². The van der Waals surface area contributed by atoms with Crippen molar-refractivity contribution in [3.05, 3.63) is 66.0 Å².